The molecule has 138 valence electrons. The number of non-ortho nitro benzene ring substituents is 1. The van der Waals surface area contributed by atoms with Crippen molar-refractivity contribution in [2.45, 2.75) is 49.4 Å². The first-order valence-electron chi connectivity index (χ1n) is 8.64. The Balaban J connectivity index is 1.54. The van der Waals surface area contributed by atoms with Gasteiger partial charge in [-0.05, 0) is 18.9 Å². The van der Waals surface area contributed by atoms with Gasteiger partial charge in [0.2, 0.25) is 11.1 Å². The fourth-order valence-corrected chi connectivity index (χ4v) is 3.81. The van der Waals surface area contributed by atoms with Crippen molar-refractivity contribution in [3.8, 4) is 0 Å². The minimum atomic E-state index is -0.493. The Hall–Kier alpha value is -2.42. The monoisotopic (exact) mass is 375 g/mol. The molecule has 0 unspecified atom stereocenters. The number of nitro benzene ring substituents is 1. The van der Waals surface area contributed by atoms with Crippen LogP contribution in [-0.2, 0) is 11.2 Å². The fourth-order valence-electron chi connectivity index (χ4n) is 3.06. The molecule has 3 rings (SSSR count). The summed E-state index contributed by atoms with van der Waals surface area (Å²) in [7, 11) is 0. The minimum Gasteiger partial charge on any atom is -0.325 e. The Labute approximate surface area is 155 Å². The molecular weight excluding hydrogens is 354 g/mol. The molecule has 1 aliphatic carbocycles. The smallest absolute Gasteiger partial charge is 0.271 e. The van der Waals surface area contributed by atoms with Crippen LogP contribution in [0.3, 0.4) is 0 Å². The van der Waals surface area contributed by atoms with Crippen LogP contribution < -0.4 is 5.32 Å². The van der Waals surface area contributed by atoms with Crippen molar-refractivity contribution in [2.24, 2.45) is 5.92 Å². The molecule has 0 bridgehead atoms. The molecule has 0 aliphatic heterocycles. The molecule has 1 atom stereocenters. The third-order valence-electron chi connectivity index (χ3n) is 4.44. The maximum atomic E-state index is 12.3. The van der Waals surface area contributed by atoms with E-state index in [1.54, 1.807) is 13.0 Å². The highest BCUT2D eigenvalue weighted by atomic mass is 32.2. The highest BCUT2D eigenvalue weighted by molar-refractivity contribution is 8.00. The summed E-state index contributed by atoms with van der Waals surface area (Å²) in [5.74, 6) is 1.29. The maximum Gasteiger partial charge on any atom is 0.271 e. The van der Waals surface area contributed by atoms with Crippen LogP contribution in [0.25, 0.3) is 0 Å². The van der Waals surface area contributed by atoms with Crippen molar-refractivity contribution in [3.63, 3.8) is 0 Å². The lowest BCUT2D eigenvalue weighted by atomic mass is 10.0. The number of nitrogens with zero attached hydrogens (tertiary/aromatic N) is 3. The van der Waals surface area contributed by atoms with Crippen molar-refractivity contribution in [2.75, 3.05) is 5.32 Å². The third kappa shape index (κ3) is 4.81. The summed E-state index contributed by atoms with van der Waals surface area (Å²) in [6, 6.07) is 5.88. The first-order chi connectivity index (χ1) is 12.5. The van der Waals surface area contributed by atoms with Crippen molar-refractivity contribution in [1.82, 2.24) is 15.2 Å². The number of thioether (sulfide) groups is 1. The SMILES string of the molecule is C[C@H](Sc1n[nH]c(CC2CCCC2)n1)C(=O)Nc1cccc([N+](=O)[O-])c1. The van der Waals surface area contributed by atoms with Gasteiger partial charge in [0, 0.05) is 24.2 Å². The van der Waals surface area contributed by atoms with Gasteiger partial charge in [0.1, 0.15) is 5.82 Å². The fraction of sp³-hybridized carbons (Fsp3) is 0.471. The Kier molecular flexibility index (Phi) is 5.87. The predicted octanol–water partition coefficient (Wildman–Crippen LogP) is 3.56. The van der Waals surface area contributed by atoms with Crippen molar-refractivity contribution in [1.29, 1.82) is 0 Å². The van der Waals surface area contributed by atoms with E-state index >= 15 is 0 Å². The van der Waals surface area contributed by atoms with Gasteiger partial charge in [-0.1, -0.05) is 43.5 Å². The van der Waals surface area contributed by atoms with Gasteiger partial charge in [-0.25, -0.2) is 4.98 Å². The van der Waals surface area contributed by atoms with Crippen LogP contribution in [0.15, 0.2) is 29.4 Å². The number of nitrogens with one attached hydrogen (secondary N) is 2. The number of H-pyrrole nitrogens is 1. The zero-order valence-electron chi connectivity index (χ0n) is 14.5. The van der Waals surface area contributed by atoms with Gasteiger partial charge < -0.3 is 5.32 Å². The number of hydrogen-bond donors (Lipinski definition) is 2. The highest BCUT2D eigenvalue weighted by Crippen LogP contribution is 2.28. The first-order valence-corrected chi connectivity index (χ1v) is 9.52. The third-order valence-corrected chi connectivity index (χ3v) is 5.40. The molecule has 2 N–H and O–H groups in total. The molecule has 1 aromatic heterocycles. The van der Waals surface area contributed by atoms with Crippen molar-refractivity contribution < 1.29 is 9.72 Å². The Morgan fingerprint density at radius 2 is 2.23 bits per heavy atom. The number of nitro groups is 1. The second-order valence-electron chi connectivity index (χ2n) is 6.48. The summed E-state index contributed by atoms with van der Waals surface area (Å²) in [4.78, 5) is 27.1. The average Bonchev–Trinajstić information content (AvgIpc) is 3.27. The van der Waals surface area contributed by atoms with Gasteiger partial charge in [0.15, 0.2) is 0 Å². The van der Waals surface area contributed by atoms with Crippen LogP contribution in [0.5, 0.6) is 0 Å². The Morgan fingerprint density at radius 1 is 1.46 bits per heavy atom. The second kappa shape index (κ2) is 8.31. The largest absolute Gasteiger partial charge is 0.325 e. The van der Waals surface area contributed by atoms with E-state index in [-0.39, 0.29) is 11.6 Å². The molecule has 2 aromatic rings. The molecule has 1 amide bonds. The zero-order chi connectivity index (χ0) is 18.5. The Bertz CT molecular complexity index is 788. The van der Waals surface area contributed by atoms with Crippen LogP contribution >= 0.6 is 11.8 Å². The molecule has 1 aliphatic rings. The number of carbonyl (C=O) groups is 1. The van der Waals surface area contributed by atoms with Gasteiger partial charge >= 0.3 is 0 Å². The van der Waals surface area contributed by atoms with E-state index in [9.17, 15) is 14.9 Å². The first kappa shape index (κ1) is 18.4. The minimum absolute atomic E-state index is 0.0615. The maximum absolute atomic E-state index is 12.3. The van der Waals surface area contributed by atoms with Crippen molar-refractivity contribution in [3.05, 3.63) is 40.2 Å². The lowest BCUT2D eigenvalue weighted by Crippen LogP contribution is -2.22. The van der Waals surface area contributed by atoms with E-state index in [2.05, 4.69) is 20.5 Å². The van der Waals surface area contributed by atoms with E-state index in [4.69, 9.17) is 0 Å². The van der Waals surface area contributed by atoms with E-state index in [0.29, 0.717) is 16.8 Å². The molecule has 0 spiro atoms. The molecule has 26 heavy (non-hydrogen) atoms. The second-order valence-corrected chi connectivity index (χ2v) is 7.78. The van der Waals surface area contributed by atoms with Gasteiger partial charge in [-0.3, -0.25) is 20.0 Å². The topological polar surface area (TPSA) is 114 Å². The summed E-state index contributed by atoms with van der Waals surface area (Å²) in [5, 5.41) is 20.8. The summed E-state index contributed by atoms with van der Waals surface area (Å²) < 4.78 is 0. The van der Waals surface area contributed by atoms with Crippen molar-refractivity contribution >= 4 is 29.0 Å². The van der Waals surface area contributed by atoms with Gasteiger partial charge in [0.25, 0.3) is 5.69 Å². The van der Waals surface area contributed by atoms with E-state index in [1.807, 2.05) is 0 Å². The van der Waals surface area contributed by atoms with Crippen LogP contribution in [0.2, 0.25) is 0 Å². The number of aromatic amines is 1. The number of rotatable bonds is 7. The molecule has 1 saturated carbocycles. The normalized spacial score (nSPS) is 15.7. The number of aromatic nitrogens is 3. The number of benzene rings is 1. The van der Waals surface area contributed by atoms with Gasteiger partial charge in [0.05, 0.1) is 10.2 Å². The van der Waals surface area contributed by atoms with Crippen LogP contribution in [0.1, 0.15) is 38.4 Å². The Morgan fingerprint density at radius 3 is 2.96 bits per heavy atom. The standard InChI is InChI=1S/C17H21N5O3S/c1-11(16(23)18-13-7-4-8-14(10-13)22(24)25)26-17-19-15(20-21-17)9-12-5-2-3-6-12/h4,7-8,10-12H,2-3,5-6,9H2,1H3,(H,18,23)(H,19,20,21)/t11-/m0/s1. The summed E-state index contributed by atoms with van der Waals surface area (Å²) in [5.41, 5.74) is 0.335. The van der Waals surface area contributed by atoms with Crippen LogP contribution in [0.4, 0.5) is 11.4 Å². The van der Waals surface area contributed by atoms with Gasteiger partial charge in [-0.15, -0.1) is 5.10 Å². The molecule has 9 heteroatoms. The molecule has 0 radical (unpaired) electrons. The summed E-state index contributed by atoms with van der Waals surface area (Å²) in [6.45, 7) is 1.75. The molecule has 1 heterocycles. The summed E-state index contributed by atoms with van der Waals surface area (Å²) in [6.07, 6.45) is 5.96. The number of carbonyl (C=O) groups excluding carboxylic acids is 1. The quantitative estimate of drug-likeness (QED) is 0.434. The average molecular weight is 375 g/mol. The van der Waals surface area contributed by atoms with E-state index in [1.165, 1.54) is 55.6 Å². The van der Waals surface area contributed by atoms with Crippen LogP contribution in [-0.4, -0.2) is 31.3 Å². The molecular formula is C17H21N5O3S. The molecule has 1 fully saturated rings. The molecule has 8 nitrogen and oxygen atoms in total. The molecule has 0 saturated heterocycles. The van der Waals surface area contributed by atoms with E-state index < -0.39 is 10.2 Å². The van der Waals surface area contributed by atoms with Crippen LogP contribution in [0, 0.1) is 16.0 Å². The lowest BCUT2D eigenvalue weighted by Gasteiger charge is -2.10. The number of amides is 1. The lowest BCUT2D eigenvalue weighted by molar-refractivity contribution is -0.384. The van der Waals surface area contributed by atoms with Gasteiger partial charge in [-0.2, -0.15) is 0 Å². The highest BCUT2D eigenvalue weighted by Gasteiger charge is 2.20. The molecule has 1 aromatic carbocycles. The predicted molar refractivity (Wildman–Crippen MR) is 99.1 cm³/mol. The summed E-state index contributed by atoms with van der Waals surface area (Å²) >= 11 is 1.26. The number of hydrogen-bond acceptors (Lipinski definition) is 6. The van der Waals surface area contributed by atoms with E-state index in [0.717, 1.165) is 12.2 Å². The number of anilines is 1. The zero-order valence-corrected chi connectivity index (χ0v) is 15.3.